The Bertz CT molecular complexity index is 272. The lowest BCUT2D eigenvalue weighted by molar-refractivity contribution is -0.144. The number of hydrogen-bond donors (Lipinski definition) is 2. The lowest BCUT2D eigenvalue weighted by atomic mass is 9.75. The maximum absolute atomic E-state index is 11.1. The Balaban J connectivity index is 2.13. The molecule has 0 amide bonds. The van der Waals surface area contributed by atoms with E-state index in [-0.39, 0.29) is 17.9 Å². The first kappa shape index (κ1) is 9.71. The van der Waals surface area contributed by atoms with Gasteiger partial charge in [-0.3, -0.25) is 4.79 Å². The number of fused-ring (bicyclic) bond motifs is 2. The fourth-order valence-electron chi connectivity index (χ4n) is 3.02. The molecule has 0 radical (unpaired) electrons. The van der Waals surface area contributed by atoms with Crippen molar-refractivity contribution in [1.82, 2.24) is 0 Å². The molecule has 2 rings (SSSR count). The molecule has 0 spiro atoms. The summed E-state index contributed by atoms with van der Waals surface area (Å²) < 4.78 is 0. The summed E-state index contributed by atoms with van der Waals surface area (Å²) in [6, 6.07) is 0. The summed E-state index contributed by atoms with van der Waals surface area (Å²) in [4.78, 5) is 11.1. The topological polar surface area (TPSA) is 57.5 Å². The summed E-state index contributed by atoms with van der Waals surface area (Å²) in [5.41, 5.74) is -0.140. The molecule has 0 saturated heterocycles. The average Bonchev–Trinajstić information content (AvgIpc) is 2.71. The van der Waals surface area contributed by atoms with Crippen LogP contribution in [0.15, 0.2) is 12.2 Å². The SMILES string of the molecule is O=C(O)C1CC2C=CC1(CCCO)C2. The van der Waals surface area contributed by atoms with Crippen molar-refractivity contribution in [2.24, 2.45) is 17.3 Å². The van der Waals surface area contributed by atoms with Crippen molar-refractivity contribution in [3.8, 4) is 0 Å². The van der Waals surface area contributed by atoms with Crippen LogP contribution in [0.5, 0.6) is 0 Å². The molecule has 3 nitrogen and oxygen atoms in total. The Morgan fingerprint density at radius 2 is 2.36 bits per heavy atom. The number of rotatable bonds is 4. The van der Waals surface area contributed by atoms with Crippen LogP contribution in [0, 0.1) is 17.3 Å². The van der Waals surface area contributed by atoms with Gasteiger partial charge in [0.25, 0.3) is 0 Å². The summed E-state index contributed by atoms with van der Waals surface area (Å²) in [7, 11) is 0. The molecule has 0 aliphatic heterocycles. The van der Waals surface area contributed by atoms with Crippen molar-refractivity contribution < 1.29 is 15.0 Å². The largest absolute Gasteiger partial charge is 0.481 e. The van der Waals surface area contributed by atoms with Crippen molar-refractivity contribution in [2.45, 2.75) is 25.7 Å². The minimum atomic E-state index is -0.671. The van der Waals surface area contributed by atoms with Crippen LogP contribution in [0.25, 0.3) is 0 Å². The summed E-state index contributed by atoms with van der Waals surface area (Å²) in [6.45, 7) is 0.159. The van der Waals surface area contributed by atoms with E-state index in [9.17, 15) is 4.79 Å². The molecule has 1 saturated carbocycles. The van der Waals surface area contributed by atoms with E-state index in [4.69, 9.17) is 10.2 Å². The van der Waals surface area contributed by atoms with Crippen LogP contribution in [0.3, 0.4) is 0 Å². The number of aliphatic hydroxyl groups excluding tert-OH is 1. The highest BCUT2D eigenvalue weighted by Crippen LogP contribution is 2.55. The summed E-state index contributed by atoms with van der Waals surface area (Å²) >= 11 is 0. The fraction of sp³-hybridized carbons (Fsp3) is 0.727. The van der Waals surface area contributed by atoms with E-state index < -0.39 is 5.97 Å². The number of carboxylic acids is 1. The lowest BCUT2D eigenvalue weighted by Gasteiger charge is -2.29. The Hall–Kier alpha value is -0.830. The van der Waals surface area contributed by atoms with Gasteiger partial charge in [-0.15, -0.1) is 0 Å². The van der Waals surface area contributed by atoms with Gasteiger partial charge in [0.1, 0.15) is 0 Å². The molecule has 78 valence electrons. The zero-order chi connectivity index (χ0) is 10.2. The van der Waals surface area contributed by atoms with Gasteiger partial charge in [-0.2, -0.15) is 0 Å². The highest BCUT2D eigenvalue weighted by atomic mass is 16.4. The highest BCUT2D eigenvalue weighted by Gasteiger charge is 2.51. The average molecular weight is 196 g/mol. The molecule has 2 bridgehead atoms. The zero-order valence-electron chi connectivity index (χ0n) is 8.15. The van der Waals surface area contributed by atoms with Crippen LogP contribution in [-0.4, -0.2) is 22.8 Å². The Morgan fingerprint density at radius 3 is 2.93 bits per heavy atom. The van der Waals surface area contributed by atoms with Gasteiger partial charge in [0, 0.05) is 12.0 Å². The smallest absolute Gasteiger partial charge is 0.307 e. The quantitative estimate of drug-likeness (QED) is 0.669. The van der Waals surface area contributed by atoms with Crippen molar-refractivity contribution in [3.05, 3.63) is 12.2 Å². The van der Waals surface area contributed by atoms with Gasteiger partial charge >= 0.3 is 5.97 Å². The molecular formula is C11H16O3. The van der Waals surface area contributed by atoms with E-state index in [2.05, 4.69) is 12.2 Å². The van der Waals surface area contributed by atoms with Crippen LogP contribution >= 0.6 is 0 Å². The van der Waals surface area contributed by atoms with Crippen LogP contribution in [0.4, 0.5) is 0 Å². The predicted molar refractivity (Wildman–Crippen MR) is 51.7 cm³/mol. The van der Waals surface area contributed by atoms with Gasteiger partial charge in [0.2, 0.25) is 0 Å². The lowest BCUT2D eigenvalue weighted by Crippen LogP contribution is -2.29. The second-order valence-corrected chi connectivity index (χ2v) is 4.51. The molecule has 3 atom stereocenters. The second kappa shape index (κ2) is 3.39. The predicted octanol–water partition coefficient (Wildman–Crippen LogP) is 1.43. The van der Waals surface area contributed by atoms with Crippen molar-refractivity contribution in [2.75, 3.05) is 6.61 Å². The third-order valence-corrected chi connectivity index (χ3v) is 3.67. The van der Waals surface area contributed by atoms with E-state index in [0.29, 0.717) is 12.3 Å². The Kier molecular flexibility index (Phi) is 2.35. The standard InChI is InChI=1S/C11H16O3/c12-5-1-3-11-4-2-8(7-11)6-9(11)10(13)14/h2,4,8-9,12H,1,3,5-7H2,(H,13,14). The molecule has 2 aliphatic carbocycles. The van der Waals surface area contributed by atoms with E-state index in [1.54, 1.807) is 0 Å². The first-order valence-corrected chi connectivity index (χ1v) is 5.21. The molecule has 2 aliphatic rings. The van der Waals surface area contributed by atoms with E-state index in [1.807, 2.05) is 0 Å². The zero-order valence-corrected chi connectivity index (χ0v) is 8.15. The molecule has 0 aromatic carbocycles. The number of aliphatic hydroxyl groups is 1. The molecular weight excluding hydrogens is 180 g/mol. The van der Waals surface area contributed by atoms with Gasteiger partial charge in [-0.25, -0.2) is 0 Å². The summed E-state index contributed by atoms with van der Waals surface area (Å²) in [5.74, 6) is -0.423. The molecule has 2 N–H and O–H groups in total. The van der Waals surface area contributed by atoms with Crippen LogP contribution in [-0.2, 0) is 4.79 Å². The normalized spacial score (nSPS) is 39.2. The van der Waals surface area contributed by atoms with E-state index in [0.717, 1.165) is 19.3 Å². The minimum Gasteiger partial charge on any atom is -0.481 e. The van der Waals surface area contributed by atoms with Gasteiger partial charge in [-0.1, -0.05) is 12.2 Å². The van der Waals surface area contributed by atoms with Gasteiger partial charge in [0.05, 0.1) is 5.92 Å². The minimum absolute atomic E-state index is 0.140. The van der Waals surface area contributed by atoms with Crippen molar-refractivity contribution >= 4 is 5.97 Å². The molecule has 14 heavy (non-hydrogen) atoms. The van der Waals surface area contributed by atoms with Gasteiger partial charge in [-0.05, 0) is 31.6 Å². The number of carboxylic acid groups (broad SMARTS) is 1. The van der Waals surface area contributed by atoms with Crippen molar-refractivity contribution in [1.29, 1.82) is 0 Å². The maximum atomic E-state index is 11.1. The highest BCUT2D eigenvalue weighted by molar-refractivity contribution is 5.72. The molecule has 1 fully saturated rings. The third kappa shape index (κ3) is 1.36. The van der Waals surface area contributed by atoms with Crippen LogP contribution in [0.1, 0.15) is 25.7 Å². The molecule has 0 aromatic heterocycles. The Labute approximate surface area is 83.4 Å². The van der Waals surface area contributed by atoms with Crippen LogP contribution in [0.2, 0.25) is 0 Å². The van der Waals surface area contributed by atoms with E-state index in [1.165, 1.54) is 0 Å². The molecule has 0 heterocycles. The first-order valence-electron chi connectivity index (χ1n) is 5.21. The molecule has 3 heteroatoms. The summed E-state index contributed by atoms with van der Waals surface area (Å²) in [6.07, 6.45) is 7.52. The van der Waals surface area contributed by atoms with Gasteiger partial charge < -0.3 is 10.2 Å². The first-order chi connectivity index (χ1) is 6.68. The summed E-state index contributed by atoms with van der Waals surface area (Å²) in [5, 5.41) is 17.9. The maximum Gasteiger partial charge on any atom is 0.307 e. The number of hydrogen-bond acceptors (Lipinski definition) is 2. The number of allylic oxidation sites excluding steroid dienone is 2. The third-order valence-electron chi connectivity index (χ3n) is 3.67. The fourth-order valence-corrected chi connectivity index (χ4v) is 3.02. The number of aliphatic carboxylic acids is 1. The van der Waals surface area contributed by atoms with Crippen molar-refractivity contribution in [3.63, 3.8) is 0 Å². The van der Waals surface area contributed by atoms with Gasteiger partial charge in [0.15, 0.2) is 0 Å². The number of carbonyl (C=O) groups is 1. The molecule has 0 aromatic rings. The monoisotopic (exact) mass is 196 g/mol. The van der Waals surface area contributed by atoms with E-state index >= 15 is 0 Å². The van der Waals surface area contributed by atoms with Crippen LogP contribution < -0.4 is 0 Å². The Morgan fingerprint density at radius 1 is 1.57 bits per heavy atom. The molecule has 3 unspecified atom stereocenters. The second-order valence-electron chi connectivity index (χ2n) is 4.51.